The number of hydrogen-bond donors (Lipinski definition) is 0. The van der Waals surface area contributed by atoms with Gasteiger partial charge < -0.3 is 9.47 Å². The highest BCUT2D eigenvalue weighted by molar-refractivity contribution is 5.92. The van der Waals surface area contributed by atoms with Crippen molar-refractivity contribution in [1.29, 1.82) is 0 Å². The van der Waals surface area contributed by atoms with Crippen molar-refractivity contribution in [2.45, 2.75) is 33.3 Å². The van der Waals surface area contributed by atoms with Crippen LogP contribution in [0.1, 0.15) is 42.6 Å². The Bertz CT molecular complexity index is 620. The van der Waals surface area contributed by atoms with Crippen molar-refractivity contribution in [1.82, 2.24) is 0 Å². The molecule has 3 heteroatoms. The van der Waals surface area contributed by atoms with Crippen LogP contribution >= 0.6 is 0 Å². The number of unbranched alkanes of at least 4 members (excludes halogenated alkanes) is 1. The van der Waals surface area contributed by atoms with E-state index in [1.807, 2.05) is 43.3 Å². The number of benzene rings is 2. The van der Waals surface area contributed by atoms with Crippen molar-refractivity contribution in [3.63, 3.8) is 0 Å². The molecular formula is C20H24O3. The average Bonchev–Trinajstić information content (AvgIpc) is 2.59. The molecule has 0 aliphatic heterocycles. The fourth-order valence-electron chi connectivity index (χ4n) is 2.36. The summed E-state index contributed by atoms with van der Waals surface area (Å²) >= 11 is 0. The molecule has 0 fully saturated rings. The Kier molecular flexibility index (Phi) is 6.82. The Hall–Kier alpha value is -2.13. The van der Waals surface area contributed by atoms with Crippen LogP contribution in [0, 0.1) is 0 Å². The molecule has 2 rings (SSSR count). The van der Waals surface area contributed by atoms with Crippen LogP contribution in [0.25, 0.3) is 11.1 Å². The standard InChI is InChI=1S/C20H24O3/c1-3-5-13-22-15-18-14-17(16-9-7-6-8-10-16)11-12-19(18)20(21)23-4-2/h6-12,14H,3-5,13,15H2,1-2H3. The quantitative estimate of drug-likeness (QED) is 0.516. The van der Waals surface area contributed by atoms with Crippen LogP contribution in [-0.4, -0.2) is 19.2 Å². The Labute approximate surface area is 138 Å². The van der Waals surface area contributed by atoms with Crippen LogP contribution in [0.4, 0.5) is 0 Å². The van der Waals surface area contributed by atoms with Gasteiger partial charge in [0.1, 0.15) is 0 Å². The van der Waals surface area contributed by atoms with Crippen molar-refractivity contribution in [3.8, 4) is 11.1 Å². The molecule has 0 unspecified atom stereocenters. The number of ether oxygens (including phenoxy) is 2. The van der Waals surface area contributed by atoms with Gasteiger partial charge in [-0.3, -0.25) is 0 Å². The molecule has 0 atom stereocenters. The van der Waals surface area contributed by atoms with Gasteiger partial charge in [-0.15, -0.1) is 0 Å². The van der Waals surface area contributed by atoms with Crippen LogP contribution in [0.2, 0.25) is 0 Å². The number of esters is 1. The summed E-state index contributed by atoms with van der Waals surface area (Å²) in [4.78, 5) is 12.1. The van der Waals surface area contributed by atoms with Gasteiger partial charge in [0.05, 0.1) is 18.8 Å². The summed E-state index contributed by atoms with van der Waals surface area (Å²) in [6, 6.07) is 15.9. The van der Waals surface area contributed by atoms with Gasteiger partial charge in [-0.25, -0.2) is 4.79 Å². The van der Waals surface area contributed by atoms with E-state index in [-0.39, 0.29) is 5.97 Å². The third-order valence-corrected chi connectivity index (χ3v) is 3.61. The number of carbonyl (C=O) groups excluding carboxylic acids is 1. The molecule has 3 nitrogen and oxygen atoms in total. The van der Waals surface area contributed by atoms with E-state index in [1.165, 1.54) is 0 Å². The fourth-order valence-corrected chi connectivity index (χ4v) is 2.36. The molecule has 0 radical (unpaired) electrons. The van der Waals surface area contributed by atoms with Gasteiger partial charge in [-0.1, -0.05) is 49.7 Å². The first-order valence-electron chi connectivity index (χ1n) is 8.19. The Morgan fingerprint density at radius 3 is 2.48 bits per heavy atom. The first-order valence-corrected chi connectivity index (χ1v) is 8.19. The molecule has 0 aliphatic carbocycles. The van der Waals surface area contributed by atoms with Gasteiger partial charge in [0, 0.05) is 6.61 Å². The van der Waals surface area contributed by atoms with E-state index in [2.05, 4.69) is 19.1 Å². The van der Waals surface area contributed by atoms with Crippen molar-refractivity contribution < 1.29 is 14.3 Å². The minimum absolute atomic E-state index is 0.291. The van der Waals surface area contributed by atoms with E-state index in [0.29, 0.717) is 25.4 Å². The third kappa shape index (κ3) is 4.93. The van der Waals surface area contributed by atoms with Crippen molar-refractivity contribution >= 4 is 5.97 Å². The van der Waals surface area contributed by atoms with E-state index in [1.54, 1.807) is 0 Å². The molecule has 0 heterocycles. The Morgan fingerprint density at radius 2 is 1.78 bits per heavy atom. The van der Waals surface area contributed by atoms with Crippen molar-refractivity contribution in [3.05, 3.63) is 59.7 Å². The minimum atomic E-state index is -0.291. The van der Waals surface area contributed by atoms with E-state index in [0.717, 1.165) is 29.5 Å². The Morgan fingerprint density at radius 1 is 1.00 bits per heavy atom. The summed E-state index contributed by atoms with van der Waals surface area (Å²) in [7, 11) is 0. The first-order chi connectivity index (χ1) is 11.3. The lowest BCUT2D eigenvalue weighted by Gasteiger charge is -2.12. The largest absolute Gasteiger partial charge is 0.462 e. The second-order valence-electron chi connectivity index (χ2n) is 5.36. The van der Waals surface area contributed by atoms with Crippen LogP contribution in [0.3, 0.4) is 0 Å². The van der Waals surface area contributed by atoms with E-state index in [9.17, 15) is 4.79 Å². The van der Waals surface area contributed by atoms with E-state index in [4.69, 9.17) is 9.47 Å². The van der Waals surface area contributed by atoms with Gasteiger partial charge in [-0.2, -0.15) is 0 Å². The predicted octanol–water partition coefficient (Wildman–Crippen LogP) is 4.85. The molecule has 0 aliphatic rings. The maximum Gasteiger partial charge on any atom is 0.338 e. The van der Waals surface area contributed by atoms with Crippen LogP contribution < -0.4 is 0 Å². The minimum Gasteiger partial charge on any atom is -0.462 e. The van der Waals surface area contributed by atoms with Crippen molar-refractivity contribution in [2.75, 3.05) is 13.2 Å². The smallest absolute Gasteiger partial charge is 0.338 e. The molecule has 0 spiro atoms. The molecule has 2 aromatic rings. The normalized spacial score (nSPS) is 10.5. The van der Waals surface area contributed by atoms with E-state index < -0.39 is 0 Å². The second kappa shape index (κ2) is 9.11. The monoisotopic (exact) mass is 312 g/mol. The topological polar surface area (TPSA) is 35.5 Å². The first kappa shape index (κ1) is 17.2. The van der Waals surface area contributed by atoms with Gasteiger partial charge >= 0.3 is 5.97 Å². The molecule has 23 heavy (non-hydrogen) atoms. The zero-order valence-corrected chi connectivity index (χ0v) is 13.9. The predicted molar refractivity (Wildman–Crippen MR) is 92.4 cm³/mol. The van der Waals surface area contributed by atoms with E-state index >= 15 is 0 Å². The second-order valence-corrected chi connectivity index (χ2v) is 5.36. The van der Waals surface area contributed by atoms with Gasteiger partial charge in [-0.05, 0) is 42.2 Å². The van der Waals surface area contributed by atoms with Gasteiger partial charge in [0.15, 0.2) is 0 Å². The van der Waals surface area contributed by atoms with Crippen LogP contribution in [0.5, 0.6) is 0 Å². The number of hydrogen-bond acceptors (Lipinski definition) is 3. The highest BCUT2D eigenvalue weighted by Gasteiger charge is 2.14. The summed E-state index contributed by atoms with van der Waals surface area (Å²) in [6.45, 7) is 5.44. The highest BCUT2D eigenvalue weighted by atomic mass is 16.5. The summed E-state index contributed by atoms with van der Waals surface area (Å²) < 4.78 is 10.9. The highest BCUT2D eigenvalue weighted by Crippen LogP contribution is 2.23. The molecule has 0 saturated carbocycles. The maximum atomic E-state index is 12.1. The molecule has 2 aromatic carbocycles. The average molecular weight is 312 g/mol. The molecule has 0 saturated heterocycles. The molecule has 0 bridgehead atoms. The zero-order chi connectivity index (χ0) is 16.5. The summed E-state index contributed by atoms with van der Waals surface area (Å²) in [6.07, 6.45) is 2.11. The van der Waals surface area contributed by atoms with Gasteiger partial charge in [0.2, 0.25) is 0 Å². The number of rotatable bonds is 8. The lowest BCUT2D eigenvalue weighted by molar-refractivity contribution is 0.0518. The zero-order valence-electron chi connectivity index (χ0n) is 13.9. The lowest BCUT2D eigenvalue weighted by Crippen LogP contribution is -2.09. The van der Waals surface area contributed by atoms with Gasteiger partial charge in [0.25, 0.3) is 0 Å². The van der Waals surface area contributed by atoms with Crippen LogP contribution in [-0.2, 0) is 16.1 Å². The maximum absolute atomic E-state index is 12.1. The molecule has 0 N–H and O–H groups in total. The Balaban J connectivity index is 2.26. The fraction of sp³-hybridized carbons (Fsp3) is 0.350. The molecule has 122 valence electrons. The SMILES string of the molecule is CCCCOCc1cc(-c2ccccc2)ccc1C(=O)OCC. The molecule has 0 aromatic heterocycles. The molecule has 0 amide bonds. The summed E-state index contributed by atoms with van der Waals surface area (Å²) in [5.41, 5.74) is 3.66. The molecular weight excluding hydrogens is 288 g/mol. The summed E-state index contributed by atoms with van der Waals surface area (Å²) in [5, 5.41) is 0. The van der Waals surface area contributed by atoms with Crippen molar-refractivity contribution in [2.24, 2.45) is 0 Å². The van der Waals surface area contributed by atoms with Crippen LogP contribution in [0.15, 0.2) is 48.5 Å². The summed E-state index contributed by atoms with van der Waals surface area (Å²) in [5.74, 6) is -0.291. The number of carbonyl (C=O) groups is 1. The third-order valence-electron chi connectivity index (χ3n) is 3.61. The lowest BCUT2D eigenvalue weighted by atomic mass is 9.99.